The maximum absolute atomic E-state index is 11.1. The number of carbonyl (C=O) groups excluding carboxylic acids is 1. The van der Waals surface area contributed by atoms with E-state index in [-0.39, 0.29) is 5.95 Å². The number of nitrogens with zero attached hydrogens (tertiary/aromatic N) is 5. The van der Waals surface area contributed by atoms with Gasteiger partial charge in [-0.25, -0.2) is 0 Å². The zero-order chi connectivity index (χ0) is 16.1. The number of ether oxygens (including phenoxy) is 2. The van der Waals surface area contributed by atoms with E-state index in [0.29, 0.717) is 28.1 Å². The van der Waals surface area contributed by atoms with Crippen molar-refractivity contribution in [3.63, 3.8) is 0 Å². The van der Waals surface area contributed by atoms with Gasteiger partial charge in [-0.15, -0.1) is 0 Å². The monoisotopic (exact) mass is 368 g/mol. The molecule has 0 aliphatic carbocycles. The molecule has 0 saturated carbocycles. The van der Waals surface area contributed by atoms with E-state index >= 15 is 0 Å². The van der Waals surface area contributed by atoms with Gasteiger partial charge in [0.1, 0.15) is 0 Å². The van der Waals surface area contributed by atoms with Crippen molar-refractivity contribution in [3.8, 4) is 11.5 Å². The smallest absolute Gasteiger partial charge is 0.308 e. The van der Waals surface area contributed by atoms with Gasteiger partial charge in [-0.05, 0) is 45.4 Å². The Labute approximate surface area is 134 Å². The van der Waals surface area contributed by atoms with Crippen molar-refractivity contribution < 1.29 is 14.3 Å². The van der Waals surface area contributed by atoms with E-state index in [2.05, 4.69) is 36.6 Å². The minimum atomic E-state index is -0.435. The second kappa shape index (κ2) is 6.98. The molecule has 1 heterocycles. The average Bonchev–Trinajstić information content (AvgIpc) is 2.85. The predicted octanol–water partition coefficient (Wildman–Crippen LogP) is 1.22. The Kier molecular flexibility index (Phi) is 5.04. The van der Waals surface area contributed by atoms with Gasteiger partial charge in [0.05, 0.1) is 12.8 Å². The summed E-state index contributed by atoms with van der Waals surface area (Å²) in [5, 5.41) is 14.5. The first-order valence-corrected chi connectivity index (χ1v) is 7.03. The van der Waals surface area contributed by atoms with Gasteiger partial charge in [-0.3, -0.25) is 4.79 Å². The van der Waals surface area contributed by atoms with Crippen LogP contribution in [0.2, 0.25) is 0 Å². The fourth-order valence-corrected chi connectivity index (χ4v) is 1.97. The molecule has 1 aromatic carbocycles. The van der Waals surface area contributed by atoms with Gasteiger partial charge in [0, 0.05) is 17.0 Å². The van der Waals surface area contributed by atoms with Crippen molar-refractivity contribution in [1.29, 1.82) is 0 Å². The summed E-state index contributed by atoms with van der Waals surface area (Å²) in [6.07, 6.45) is 1.50. The normalized spacial score (nSPS) is 10.9. The zero-order valence-corrected chi connectivity index (χ0v) is 13.4. The number of nitrogen functional groups attached to an aromatic ring is 1. The molecule has 0 saturated heterocycles. The molecule has 116 valence electrons. The van der Waals surface area contributed by atoms with Gasteiger partial charge in [0.15, 0.2) is 11.5 Å². The van der Waals surface area contributed by atoms with Crippen molar-refractivity contribution in [2.75, 3.05) is 12.3 Å². The van der Waals surface area contributed by atoms with Crippen LogP contribution in [0.3, 0.4) is 0 Å². The lowest BCUT2D eigenvalue weighted by Crippen LogP contribution is -2.05. The Bertz CT molecular complexity index is 715. The predicted molar refractivity (Wildman–Crippen MR) is 81.8 cm³/mol. The van der Waals surface area contributed by atoms with Crippen LogP contribution in [-0.4, -0.2) is 39.1 Å². The summed E-state index contributed by atoms with van der Waals surface area (Å²) in [6.45, 7) is 3.57. The lowest BCUT2D eigenvalue weighted by atomic mass is 10.2. The van der Waals surface area contributed by atoms with Gasteiger partial charge in [-0.1, -0.05) is 9.89 Å². The molecule has 2 rings (SSSR count). The van der Waals surface area contributed by atoms with Crippen LogP contribution >= 0.6 is 15.9 Å². The van der Waals surface area contributed by atoms with E-state index in [0.717, 1.165) is 4.79 Å². The quantitative estimate of drug-likeness (QED) is 0.478. The van der Waals surface area contributed by atoms with Gasteiger partial charge in [0.25, 0.3) is 5.95 Å². The van der Waals surface area contributed by atoms with E-state index in [4.69, 9.17) is 15.2 Å². The number of hydrogen-bond acceptors (Lipinski definition) is 8. The summed E-state index contributed by atoms with van der Waals surface area (Å²) >= 11 is 3.37. The Morgan fingerprint density at radius 3 is 2.86 bits per heavy atom. The van der Waals surface area contributed by atoms with Crippen molar-refractivity contribution in [3.05, 3.63) is 22.2 Å². The molecule has 10 heteroatoms. The van der Waals surface area contributed by atoms with Crippen LogP contribution in [0.4, 0.5) is 5.95 Å². The molecule has 2 aromatic rings. The van der Waals surface area contributed by atoms with Crippen LogP contribution in [0.1, 0.15) is 19.4 Å². The molecule has 0 aliphatic heterocycles. The molecular formula is C12H13BrN6O3. The highest BCUT2D eigenvalue weighted by atomic mass is 79.9. The third-order valence-electron chi connectivity index (χ3n) is 2.40. The van der Waals surface area contributed by atoms with E-state index in [1.807, 2.05) is 6.92 Å². The van der Waals surface area contributed by atoms with Gasteiger partial charge >= 0.3 is 5.97 Å². The molecule has 0 bridgehead atoms. The Morgan fingerprint density at radius 2 is 2.27 bits per heavy atom. The Morgan fingerprint density at radius 1 is 1.50 bits per heavy atom. The molecule has 0 radical (unpaired) electrons. The van der Waals surface area contributed by atoms with Crippen LogP contribution in [0.15, 0.2) is 21.7 Å². The SMILES string of the molecule is CCOc1cc(C=Nn2nnnc2N)c(Br)cc1OC(C)=O. The number of anilines is 1. The molecule has 0 fully saturated rings. The number of carbonyl (C=O) groups is 1. The summed E-state index contributed by atoms with van der Waals surface area (Å²) in [4.78, 5) is 12.2. The third kappa shape index (κ3) is 3.79. The third-order valence-corrected chi connectivity index (χ3v) is 3.09. The van der Waals surface area contributed by atoms with Crippen LogP contribution in [0.25, 0.3) is 0 Å². The summed E-state index contributed by atoms with van der Waals surface area (Å²) in [5.74, 6) is 0.372. The summed E-state index contributed by atoms with van der Waals surface area (Å²) in [7, 11) is 0. The molecule has 0 atom stereocenters. The van der Waals surface area contributed by atoms with E-state index < -0.39 is 5.97 Å². The molecule has 0 unspecified atom stereocenters. The number of esters is 1. The van der Waals surface area contributed by atoms with E-state index in [1.54, 1.807) is 12.1 Å². The van der Waals surface area contributed by atoms with Crippen LogP contribution < -0.4 is 15.2 Å². The highest BCUT2D eigenvalue weighted by molar-refractivity contribution is 9.10. The maximum Gasteiger partial charge on any atom is 0.308 e. The fraction of sp³-hybridized carbons (Fsp3) is 0.250. The second-order valence-corrected chi connectivity index (χ2v) is 4.87. The zero-order valence-electron chi connectivity index (χ0n) is 11.9. The number of halogens is 1. The van der Waals surface area contributed by atoms with Crippen molar-refractivity contribution in [1.82, 2.24) is 20.3 Å². The first-order chi connectivity index (χ1) is 10.5. The number of rotatable bonds is 5. The first kappa shape index (κ1) is 15.9. The van der Waals surface area contributed by atoms with Gasteiger partial charge < -0.3 is 15.2 Å². The molecule has 22 heavy (non-hydrogen) atoms. The Balaban J connectivity index is 2.35. The van der Waals surface area contributed by atoms with Crippen molar-refractivity contribution in [2.24, 2.45) is 5.10 Å². The number of tetrazole rings is 1. The second-order valence-electron chi connectivity index (χ2n) is 4.02. The topological polar surface area (TPSA) is 118 Å². The number of nitrogens with two attached hydrogens (primary N) is 1. The number of benzene rings is 1. The molecule has 0 aliphatic rings. The average molecular weight is 369 g/mol. The van der Waals surface area contributed by atoms with Gasteiger partial charge in [-0.2, -0.15) is 5.10 Å². The summed E-state index contributed by atoms with van der Waals surface area (Å²) in [5.41, 5.74) is 6.19. The van der Waals surface area contributed by atoms with Gasteiger partial charge in [0.2, 0.25) is 0 Å². The van der Waals surface area contributed by atoms with E-state index in [9.17, 15) is 4.79 Å². The lowest BCUT2D eigenvalue weighted by molar-refractivity contribution is -0.132. The molecule has 9 nitrogen and oxygen atoms in total. The molecule has 1 aromatic heterocycles. The van der Waals surface area contributed by atoms with Crippen LogP contribution in [-0.2, 0) is 4.79 Å². The summed E-state index contributed by atoms with van der Waals surface area (Å²) in [6, 6.07) is 3.30. The number of aromatic nitrogens is 4. The molecule has 2 N–H and O–H groups in total. The van der Waals surface area contributed by atoms with E-state index in [1.165, 1.54) is 13.1 Å². The lowest BCUT2D eigenvalue weighted by Gasteiger charge is -2.11. The van der Waals surface area contributed by atoms with Crippen LogP contribution in [0.5, 0.6) is 11.5 Å². The van der Waals surface area contributed by atoms with Crippen molar-refractivity contribution >= 4 is 34.1 Å². The highest BCUT2D eigenvalue weighted by Crippen LogP contribution is 2.33. The molecular weight excluding hydrogens is 356 g/mol. The summed E-state index contributed by atoms with van der Waals surface area (Å²) < 4.78 is 11.2. The highest BCUT2D eigenvalue weighted by Gasteiger charge is 2.12. The Hall–Kier alpha value is -2.49. The van der Waals surface area contributed by atoms with Crippen LogP contribution in [0, 0.1) is 0 Å². The maximum atomic E-state index is 11.1. The molecule has 0 amide bonds. The minimum absolute atomic E-state index is 0.0638. The standard InChI is InChI=1S/C12H13BrN6O3/c1-3-21-10-4-8(6-15-19-12(14)16-17-18-19)9(13)5-11(10)22-7(2)20/h4-6H,3H2,1-2H3,(H2,14,16,18). The molecule has 0 spiro atoms. The number of hydrogen-bond donors (Lipinski definition) is 1. The van der Waals surface area contributed by atoms with Crippen molar-refractivity contribution in [2.45, 2.75) is 13.8 Å². The minimum Gasteiger partial charge on any atom is -0.490 e. The largest absolute Gasteiger partial charge is 0.490 e. The fourth-order valence-electron chi connectivity index (χ4n) is 1.54. The first-order valence-electron chi connectivity index (χ1n) is 6.24.